The average Bonchev–Trinajstić information content (AvgIpc) is 3.34. The van der Waals surface area contributed by atoms with Crippen LogP contribution >= 0.6 is 0 Å². The van der Waals surface area contributed by atoms with Crippen LogP contribution in [0.15, 0.2) is 71.3 Å². The van der Waals surface area contributed by atoms with Gasteiger partial charge in [-0.25, -0.2) is 0 Å². The molecule has 4 rings (SSSR count). The van der Waals surface area contributed by atoms with Crippen molar-refractivity contribution in [3.05, 3.63) is 89.4 Å². The molecule has 2 atom stereocenters. The number of hydrogen-bond acceptors (Lipinski definition) is 3. The Morgan fingerprint density at radius 3 is 2.55 bits per heavy atom. The van der Waals surface area contributed by atoms with E-state index in [1.807, 2.05) is 43.3 Å². The lowest BCUT2D eigenvalue weighted by atomic mass is 9.98. The number of para-hydroxylation sites is 1. The van der Waals surface area contributed by atoms with Crippen LogP contribution in [0.5, 0.6) is 0 Å². The summed E-state index contributed by atoms with van der Waals surface area (Å²) in [5.74, 6) is -0.483. The van der Waals surface area contributed by atoms with E-state index in [4.69, 9.17) is 4.42 Å². The fourth-order valence-corrected chi connectivity index (χ4v) is 4.24. The lowest BCUT2D eigenvalue weighted by Gasteiger charge is -2.31. The van der Waals surface area contributed by atoms with Gasteiger partial charge < -0.3 is 20.0 Å². The fraction of sp³-hybridized carbons (Fsp3) is 0.280. The van der Waals surface area contributed by atoms with Crippen molar-refractivity contribution in [1.29, 1.82) is 0 Å². The Morgan fingerprint density at radius 2 is 1.77 bits per heavy atom. The smallest absolute Gasteiger partial charge is 0.313 e. The molecule has 2 aromatic carbocycles. The van der Waals surface area contributed by atoms with Gasteiger partial charge in [0.1, 0.15) is 6.54 Å². The molecular formula is C25H28N3O3+. The molecule has 0 saturated carbocycles. The highest BCUT2D eigenvalue weighted by Gasteiger charge is 2.31. The molecule has 6 heteroatoms. The van der Waals surface area contributed by atoms with Crippen molar-refractivity contribution >= 4 is 17.5 Å². The van der Waals surface area contributed by atoms with Crippen LogP contribution in [0.1, 0.15) is 35.4 Å². The number of hydrogen-bond donors (Lipinski definition) is 3. The quantitative estimate of drug-likeness (QED) is 0.538. The summed E-state index contributed by atoms with van der Waals surface area (Å²) in [6.07, 6.45) is 3.40. The molecule has 0 fully saturated rings. The maximum atomic E-state index is 12.5. The first-order valence-corrected chi connectivity index (χ1v) is 10.8. The monoisotopic (exact) mass is 418 g/mol. The average molecular weight is 419 g/mol. The van der Waals surface area contributed by atoms with E-state index in [-0.39, 0.29) is 6.04 Å². The summed E-state index contributed by atoms with van der Waals surface area (Å²) < 4.78 is 5.68. The van der Waals surface area contributed by atoms with Gasteiger partial charge in [-0.3, -0.25) is 9.59 Å². The fourth-order valence-electron chi connectivity index (χ4n) is 4.24. The molecule has 1 aromatic heterocycles. The molecule has 31 heavy (non-hydrogen) atoms. The summed E-state index contributed by atoms with van der Waals surface area (Å²) in [6, 6.07) is 19.7. The lowest BCUT2D eigenvalue weighted by Crippen LogP contribution is -3.12. The Balaban J connectivity index is 1.42. The predicted octanol–water partition coefficient (Wildman–Crippen LogP) is 2.28. The molecule has 3 aromatic rings. The number of benzene rings is 2. The Bertz CT molecular complexity index is 1050. The molecule has 3 N–H and O–H groups in total. The topological polar surface area (TPSA) is 75.8 Å². The molecule has 0 spiro atoms. The third kappa shape index (κ3) is 4.86. The summed E-state index contributed by atoms with van der Waals surface area (Å²) in [5, 5.41) is 5.55. The second kappa shape index (κ2) is 9.62. The van der Waals surface area contributed by atoms with E-state index >= 15 is 0 Å². The van der Waals surface area contributed by atoms with Gasteiger partial charge in [0.25, 0.3) is 0 Å². The summed E-state index contributed by atoms with van der Waals surface area (Å²) >= 11 is 0. The van der Waals surface area contributed by atoms with E-state index in [1.54, 1.807) is 6.26 Å². The molecule has 160 valence electrons. The maximum Gasteiger partial charge on any atom is 0.313 e. The van der Waals surface area contributed by atoms with Gasteiger partial charge in [-0.15, -0.1) is 0 Å². The van der Waals surface area contributed by atoms with E-state index < -0.39 is 11.8 Å². The van der Waals surface area contributed by atoms with Crippen molar-refractivity contribution < 1.29 is 18.9 Å². The third-order valence-corrected chi connectivity index (χ3v) is 5.95. The maximum absolute atomic E-state index is 12.5. The molecule has 1 aliphatic heterocycles. The minimum atomic E-state index is -0.655. The van der Waals surface area contributed by atoms with Crippen LogP contribution in [-0.4, -0.2) is 24.9 Å². The van der Waals surface area contributed by atoms with E-state index in [0.717, 1.165) is 37.3 Å². The number of anilines is 1. The van der Waals surface area contributed by atoms with Crippen LogP contribution in [0, 0.1) is 0 Å². The Kier molecular flexibility index (Phi) is 6.48. The normalized spacial score (nSPS) is 16.2. The van der Waals surface area contributed by atoms with Crippen LogP contribution in [0.4, 0.5) is 5.69 Å². The molecule has 2 heterocycles. The number of furan rings is 1. The van der Waals surface area contributed by atoms with Gasteiger partial charge in [-0.05, 0) is 35.7 Å². The first-order valence-electron chi connectivity index (χ1n) is 10.8. The number of carbonyl (C=O) groups is 2. The zero-order valence-electron chi connectivity index (χ0n) is 17.7. The van der Waals surface area contributed by atoms with Crippen LogP contribution in [0.25, 0.3) is 0 Å². The van der Waals surface area contributed by atoms with Crippen molar-refractivity contribution in [3.8, 4) is 0 Å². The first kappa shape index (κ1) is 20.9. The zero-order chi connectivity index (χ0) is 21.6. The number of nitrogens with one attached hydrogen (secondary N) is 3. The van der Waals surface area contributed by atoms with Gasteiger partial charge in [0.15, 0.2) is 11.8 Å². The molecule has 0 bridgehead atoms. The van der Waals surface area contributed by atoms with Crippen molar-refractivity contribution in [2.75, 3.05) is 18.4 Å². The minimum Gasteiger partial charge on any atom is -0.463 e. The highest BCUT2D eigenvalue weighted by Crippen LogP contribution is 2.17. The molecule has 1 aliphatic rings. The molecular weight excluding hydrogens is 390 g/mol. The number of aryl methyl sites for hydroxylation is 1. The summed E-state index contributed by atoms with van der Waals surface area (Å²) in [4.78, 5) is 26.3. The number of rotatable bonds is 6. The molecule has 6 nitrogen and oxygen atoms in total. The molecule has 1 unspecified atom stereocenters. The van der Waals surface area contributed by atoms with E-state index in [2.05, 4.69) is 34.9 Å². The zero-order valence-corrected chi connectivity index (χ0v) is 17.7. The molecule has 2 amide bonds. The molecule has 0 saturated heterocycles. The number of amides is 2. The SMILES string of the molecule is CCc1ccccc1NC(=O)C(=O)NC[C@H](c1ccco1)[NH+]1CCc2ccccc2C1. The highest BCUT2D eigenvalue weighted by atomic mass is 16.3. The van der Waals surface area contributed by atoms with Gasteiger partial charge in [-0.2, -0.15) is 0 Å². The number of fused-ring (bicyclic) bond motifs is 1. The predicted molar refractivity (Wildman–Crippen MR) is 119 cm³/mol. The van der Waals surface area contributed by atoms with Crippen molar-refractivity contribution in [2.45, 2.75) is 32.4 Å². The van der Waals surface area contributed by atoms with Gasteiger partial charge in [0, 0.05) is 17.7 Å². The van der Waals surface area contributed by atoms with E-state index in [9.17, 15) is 9.59 Å². The van der Waals surface area contributed by atoms with Crippen LogP contribution in [0.2, 0.25) is 0 Å². The Labute approximate surface area is 182 Å². The van der Waals surface area contributed by atoms with Crippen LogP contribution in [0.3, 0.4) is 0 Å². The Hall–Kier alpha value is -3.38. The first-order chi connectivity index (χ1) is 15.2. The van der Waals surface area contributed by atoms with Gasteiger partial charge in [0.2, 0.25) is 0 Å². The van der Waals surface area contributed by atoms with Gasteiger partial charge in [0.05, 0.1) is 19.4 Å². The van der Waals surface area contributed by atoms with Gasteiger partial charge >= 0.3 is 11.8 Å². The Morgan fingerprint density at radius 1 is 1.00 bits per heavy atom. The van der Waals surface area contributed by atoms with Crippen LogP contribution < -0.4 is 15.5 Å². The van der Waals surface area contributed by atoms with Crippen LogP contribution in [-0.2, 0) is 29.0 Å². The second-order valence-corrected chi connectivity index (χ2v) is 7.85. The third-order valence-electron chi connectivity index (χ3n) is 5.95. The second-order valence-electron chi connectivity index (χ2n) is 7.85. The van der Waals surface area contributed by atoms with Gasteiger partial charge in [-0.1, -0.05) is 49.4 Å². The van der Waals surface area contributed by atoms with E-state index in [1.165, 1.54) is 16.0 Å². The summed E-state index contributed by atoms with van der Waals surface area (Å²) in [7, 11) is 0. The summed E-state index contributed by atoms with van der Waals surface area (Å²) in [6.45, 7) is 4.13. The molecule has 0 radical (unpaired) electrons. The number of carbonyl (C=O) groups excluding carboxylic acids is 2. The minimum absolute atomic E-state index is 0.0666. The standard InChI is InChI=1S/C25H27N3O3/c1-2-18-8-5-6-11-21(18)27-25(30)24(29)26-16-22(23-12-7-15-31-23)28-14-13-19-9-3-4-10-20(19)17-28/h3-12,15,22H,2,13-14,16-17H2,1H3,(H,26,29)(H,27,30)/p+1/t22-/m1/s1. The highest BCUT2D eigenvalue weighted by molar-refractivity contribution is 6.39. The lowest BCUT2D eigenvalue weighted by molar-refractivity contribution is -0.946. The largest absolute Gasteiger partial charge is 0.463 e. The van der Waals surface area contributed by atoms with Crippen molar-refractivity contribution in [1.82, 2.24) is 5.32 Å². The van der Waals surface area contributed by atoms with Crippen molar-refractivity contribution in [3.63, 3.8) is 0 Å². The van der Waals surface area contributed by atoms with E-state index in [0.29, 0.717) is 12.2 Å². The summed E-state index contributed by atoms with van der Waals surface area (Å²) in [5.41, 5.74) is 4.36. The molecule has 0 aliphatic carbocycles. The number of quaternary nitrogens is 1. The van der Waals surface area contributed by atoms with Crippen molar-refractivity contribution in [2.24, 2.45) is 0 Å².